The van der Waals surface area contributed by atoms with Crippen molar-refractivity contribution in [3.05, 3.63) is 0 Å². The van der Waals surface area contributed by atoms with Crippen LogP contribution in [0.5, 0.6) is 0 Å². The van der Waals surface area contributed by atoms with Gasteiger partial charge in [-0.05, 0) is 23.7 Å². The summed E-state index contributed by atoms with van der Waals surface area (Å²) in [6.45, 7) is 0. The van der Waals surface area contributed by atoms with Crippen molar-refractivity contribution in [2.24, 2.45) is 23.7 Å². The van der Waals surface area contributed by atoms with Gasteiger partial charge in [0.2, 0.25) is 0 Å². The topological polar surface area (TPSA) is 0 Å². The molecule has 0 saturated heterocycles. The maximum absolute atomic E-state index is 1.56. The molecule has 0 spiro atoms. The average molecular weight is 389 g/mol. The molecule has 3 fully saturated rings. The normalized spacial score (nSPS) is 23.5. The molecule has 28 heavy (non-hydrogen) atoms. The highest BCUT2D eigenvalue weighted by Crippen LogP contribution is 2.33. The van der Waals surface area contributed by atoms with Gasteiger partial charge in [0, 0.05) is 0 Å². The first-order valence-corrected chi connectivity index (χ1v) is 13.9. The highest BCUT2D eigenvalue weighted by Gasteiger charge is 2.18. The molecule has 0 N–H and O–H groups in total. The molecular formula is C28H52. The predicted molar refractivity (Wildman–Crippen MR) is 125 cm³/mol. The Morgan fingerprint density at radius 1 is 0.393 bits per heavy atom. The van der Waals surface area contributed by atoms with Crippen LogP contribution in [0.3, 0.4) is 0 Å². The maximum Gasteiger partial charge on any atom is -0.0414 e. The molecule has 0 radical (unpaired) electrons. The molecule has 0 amide bonds. The van der Waals surface area contributed by atoms with Crippen LogP contribution in [0.15, 0.2) is 0 Å². The van der Waals surface area contributed by atoms with E-state index >= 15 is 0 Å². The SMILES string of the molecule is C1CCC(CCCC(CCCC2CCCCC2)CCCC2CCCCC2)CC1. The van der Waals surface area contributed by atoms with Crippen LogP contribution < -0.4 is 0 Å². The van der Waals surface area contributed by atoms with Gasteiger partial charge >= 0.3 is 0 Å². The molecule has 0 aliphatic heterocycles. The van der Waals surface area contributed by atoms with Gasteiger partial charge in [0.05, 0.1) is 0 Å². The summed E-state index contributed by atoms with van der Waals surface area (Å²) in [6.07, 6.45) is 37.0. The molecule has 164 valence electrons. The molecule has 3 saturated carbocycles. The fourth-order valence-corrected chi connectivity index (χ4v) is 6.95. The third kappa shape index (κ3) is 9.21. The van der Waals surface area contributed by atoms with Gasteiger partial charge in [0.25, 0.3) is 0 Å². The zero-order valence-corrected chi connectivity index (χ0v) is 19.3. The van der Waals surface area contributed by atoms with Crippen LogP contribution in [0.1, 0.15) is 154 Å². The lowest BCUT2D eigenvalue weighted by molar-refractivity contribution is 0.278. The molecule has 0 nitrogen and oxygen atoms in total. The Kier molecular flexibility index (Phi) is 11.4. The molecule has 0 atom stereocenters. The molecule has 0 heteroatoms. The van der Waals surface area contributed by atoms with Gasteiger partial charge in [-0.3, -0.25) is 0 Å². The lowest BCUT2D eigenvalue weighted by Crippen LogP contribution is -2.10. The highest BCUT2D eigenvalue weighted by molar-refractivity contribution is 4.71. The molecule has 0 heterocycles. The third-order valence-corrected chi connectivity index (χ3v) is 8.85. The van der Waals surface area contributed by atoms with E-state index in [1.807, 2.05) is 0 Å². The quantitative estimate of drug-likeness (QED) is 0.312. The van der Waals surface area contributed by atoms with Crippen LogP contribution in [0.2, 0.25) is 0 Å². The van der Waals surface area contributed by atoms with E-state index in [9.17, 15) is 0 Å². The number of hydrogen-bond donors (Lipinski definition) is 0. The molecule has 0 aromatic heterocycles. The average Bonchev–Trinajstić information content (AvgIpc) is 2.76. The fraction of sp³-hybridized carbons (Fsp3) is 1.00. The lowest BCUT2D eigenvalue weighted by atomic mass is 9.81. The van der Waals surface area contributed by atoms with Crippen molar-refractivity contribution < 1.29 is 0 Å². The first-order chi connectivity index (χ1) is 13.9. The van der Waals surface area contributed by atoms with Crippen molar-refractivity contribution >= 4 is 0 Å². The number of rotatable bonds is 12. The molecule has 0 aromatic rings. The Labute approximate surface area is 178 Å². The smallest absolute Gasteiger partial charge is 0.0414 e. The minimum atomic E-state index is 1.07. The van der Waals surface area contributed by atoms with Crippen molar-refractivity contribution in [2.45, 2.75) is 154 Å². The number of hydrogen-bond acceptors (Lipinski definition) is 0. The van der Waals surface area contributed by atoms with Gasteiger partial charge in [0.1, 0.15) is 0 Å². The van der Waals surface area contributed by atoms with E-state index in [0.29, 0.717) is 0 Å². The molecule has 3 aliphatic rings. The van der Waals surface area contributed by atoms with Crippen molar-refractivity contribution in [2.75, 3.05) is 0 Å². The van der Waals surface area contributed by atoms with Gasteiger partial charge in [-0.2, -0.15) is 0 Å². The zero-order valence-electron chi connectivity index (χ0n) is 19.3. The Balaban J connectivity index is 1.32. The standard InChI is InChI=1S/C28H52/c1-4-13-25(14-5-1)19-10-22-28(23-11-20-26-15-6-2-7-16-26)24-12-21-27-17-8-3-9-18-27/h25-28H,1-24H2. The van der Waals surface area contributed by atoms with Gasteiger partial charge in [-0.1, -0.05) is 154 Å². The summed E-state index contributed by atoms with van der Waals surface area (Å²) in [5.41, 5.74) is 0. The monoisotopic (exact) mass is 388 g/mol. The van der Waals surface area contributed by atoms with Crippen LogP contribution in [0.25, 0.3) is 0 Å². The predicted octanol–water partition coefficient (Wildman–Crippen LogP) is 9.85. The van der Waals surface area contributed by atoms with Crippen molar-refractivity contribution in [3.8, 4) is 0 Å². The third-order valence-electron chi connectivity index (χ3n) is 8.85. The molecule has 0 aromatic carbocycles. The largest absolute Gasteiger partial charge is 0.0533 e. The van der Waals surface area contributed by atoms with Crippen LogP contribution in [0, 0.1) is 23.7 Å². The summed E-state index contributed by atoms with van der Waals surface area (Å²) < 4.78 is 0. The molecular weight excluding hydrogens is 336 g/mol. The van der Waals surface area contributed by atoms with Crippen LogP contribution in [-0.4, -0.2) is 0 Å². The van der Waals surface area contributed by atoms with Gasteiger partial charge in [-0.25, -0.2) is 0 Å². The van der Waals surface area contributed by atoms with E-state index in [0.717, 1.165) is 23.7 Å². The fourth-order valence-electron chi connectivity index (χ4n) is 6.95. The van der Waals surface area contributed by atoms with Crippen molar-refractivity contribution in [1.82, 2.24) is 0 Å². The minimum absolute atomic E-state index is 1.07. The van der Waals surface area contributed by atoms with Gasteiger partial charge in [0.15, 0.2) is 0 Å². The second-order valence-corrected chi connectivity index (χ2v) is 11.2. The molecule has 0 unspecified atom stereocenters. The van der Waals surface area contributed by atoms with E-state index in [-0.39, 0.29) is 0 Å². The Morgan fingerprint density at radius 3 is 0.964 bits per heavy atom. The Hall–Kier alpha value is 0. The first kappa shape index (κ1) is 22.7. The summed E-state index contributed by atoms with van der Waals surface area (Å²) in [5.74, 6) is 4.35. The Morgan fingerprint density at radius 2 is 0.679 bits per heavy atom. The maximum atomic E-state index is 1.56. The summed E-state index contributed by atoms with van der Waals surface area (Å²) in [4.78, 5) is 0. The van der Waals surface area contributed by atoms with Crippen molar-refractivity contribution in [3.63, 3.8) is 0 Å². The molecule has 3 rings (SSSR count). The van der Waals surface area contributed by atoms with E-state index < -0.39 is 0 Å². The van der Waals surface area contributed by atoms with Crippen LogP contribution in [-0.2, 0) is 0 Å². The van der Waals surface area contributed by atoms with Crippen molar-refractivity contribution in [1.29, 1.82) is 0 Å². The van der Waals surface area contributed by atoms with Gasteiger partial charge < -0.3 is 0 Å². The van der Waals surface area contributed by atoms with E-state index in [4.69, 9.17) is 0 Å². The minimum Gasteiger partial charge on any atom is -0.0533 e. The second-order valence-electron chi connectivity index (χ2n) is 11.2. The summed E-state index contributed by atoms with van der Waals surface area (Å²) in [6, 6.07) is 0. The zero-order chi connectivity index (χ0) is 19.3. The lowest BCUT2D eigenvalue weighted by Gasteiger charge is -2.25. The van der Waals surface area contributed by atoms with Gasteiger partial charge in [-0.15, -0.1) is 0 Å². The molecule has 0 bridgehead atoms. The van der Waals surface area contributed by atoms with Crippen LogP contribution >= 0.6 is 0 Å². The van der Waals surface area contributed by atoms with Crippen LogP contribution in [0.4, 0.5) is 0 Å². The second kappa shape index (κ2) is 14.1. The summed E-state index contributed by atoms with van der Waals surface area (Å²) in [7, 11) is 0. The first-order valence-electron chi connectivity index (χ1n) is 13.9. The van der Waals surface area contributed by atoms with E-state index in [1.54, 1.807) is 96.3 Å². The van der Waals surface area contributed by atoms with E-state index in [2.05, 4.69) is 0 Å². The Bertz CT molecular complexity index is 297. The van der Waals surface area contributed by atoms with E-state index in [1.165, 1.54) is 57.8 Å². The highest BCUT2D eigenvalue weighted by atomic mass is 14.2. The summed E-state index contributed by atoms with van der Waals surface area (Å²) >= 11 is 0. The summed E-state index contributed by atoms with van der Waals surface area (Å²) in [5, 5.41) is 0. The molecule has 3 aliphatic carbocycles.